The van der Waals surface area contributed by atoms with Crippen LogP contribution in [0.4, 0.5) is 0 Å². The number of hydrogen-bond acceptors (Lipinski definition) is 1. The zero-order valence-corrected chi connectivity index (χ0v) is 7.35. The van der Waals surface area contributed by atoms with Crippen LogP contribution in [-0.4, -0.2) is 6.04 Å². The molecule has 1 heteroatoms. The number of rotatable bonds is 1. The van der Waals surface area contributed by atoms with E-state index < -0.39 is 0 Å². The van der Waals surface area contributed by atoms with E-state index >= 15 is 0 Å². The Morgan fingerprint density at radius 1 is 1.30 bits per heavy atom. The normalized spacial score (nSPS) is 24.0. The molecule has 0 saturated heterocycles. The van der Waals surface area contributed by atoms with Crippen LogP contribution in [0.25, 0.3) is 0 Å². The van der Waals surface area contributed by atoms with Crippen molar-refractivity contribution in [2.75, 3.05) is 0 Å². The molecule has 0 aliphatic heterocycles. The highest BCUT2D eigenvalue weighted by atomic mass is 14.7. The monoisotopic (exact) mass is 141 g/mol. The molecule has 0 radical (unpaired) electrons. The lowest BCUT2D eigenvalue weighted by atomic mass is 9.70. The molecule has 0 heterocycles. The van der Waals surface area contributed by atoms with Crippen molar-refractivity contribution in [2.24, 2.45) is 17.1 Å². The maximum atomic E-state index is 6.06. The predicted octanol–water partition coefficient (Wildman–Crippen LogP) is 2.16. The zero-order chi connectivity index (χ0) is 7.78. The van der Waals surface area contributed by atoms with E-state index in [1.165, 1.54) is 19.3 Å². The van der Waals surface area contributed by atoms with Gasteiger partial charge >= 0.3 is 0 Å². The van der Waals surface area contributed by atoms with Crippen molar-refractivity contribution in [2.45, 2.75) is 46.1 Å². The van der Waals surface area contributed by atoms with E-state index in [0.717, 1.165) is 5.92 Å². The average Bonchev–Trinajstić information content (AvgIpc) is 1.57. The third-order valence-electron chi connectivity index (χ3n) is 2.66. The Kier molecular flexibility index (Phi) is 2.04. The molecule has 1 aliphatic rings. The van der Waals surface area contributed by atoms with Crippen LogP contribution in [-0.2, 0) is 0 Å². The van der Waals surface area contributed by atoms with Crippen LogP contribution < -0.4 is 5.73 Å². The molecule has 1 saturated carbocycles. The molecule has 1 unspecified atom stereocenters. The van der Waals surface area contributed by atoms with E-state index in [4.69, 9.17) is 5.73 Å². The second kappa shape index (κ2) is 2.54. The van der Waals surface area contributed by atoms with Crippen molar-refractivity contribution in [1.82, 2.24) is 0 Å². The van der Waals surface area contributed by atoms with Crippen LogP contribution in [0.5, 0.6) is 0 Å². The number of nitrogens with two attached hydrogens (primary N) is 1. The SMILES string of the molecule is CC(C)(C)C(N)C1CCC1. The first kappa shape index (κ1) is 8.06. The maximum Gasteiger partial charge on any atom is 0.0116 e. The number of hydrogen-bond donors (Lipinski definition) is 1. The lowest BCUT2D eigenvalue weighted by Gasteiger charge is -2.39. The van der Waals surface area contributed by atoms with Gasteiger partial charge in [-0.3, -0.25) is 0 Å². The third kappa shape index (κ3) is 1.51. The van der Waals surface area contributed by atoms with Crippen LogP contribution >= 0.6 is 0 Å². The van der Waals surface area contributed by atoms with Crippen molar-refractivity contribution in [3.8, 4) is 0 Å². The van der Waals surface area contributed by atoms with E-state index in [2.05, 4.69) is 20.8 Å². The molecule has 60 valence electrons. The summed E-state index contributed by atoms with van der Waals surface area (Å²) in [6.45, 7) is 6.70. The van der Waals surface area contributed by atoms with Gasteiger partial charge in [0.25, 0.3) is 0 Å². The largest absolute Gasteiger partial charge is 0.327 e. The van der Waals surface area contributed by atoms with Crippen molar-refractivity contribution in [1.29, 1.82) is 0 Å². The van der Waals surface area contributed by atoms with Gasteiger partial charge in [-0.2, -0.15) is 0 Å². The summed E-state index contributed by atoms with van der Waals surface area (Å²) < 4.78 is 0. The van der Waals surface area contributed by atoms with E-state index in [1.807, 2.05) is 0 Å². The smallest absolute Gasteiger partial charge is 0.0116 e. The molecular weight excluding hydrogens is 122 g/mol. The molecule has 1 atom stereocenters. The minimum Gasteiger partial charge on any atom is -0.327 e. The summed E-state index contributed by atoms with van der Waals surface area (Å²) in [7, 11) is 0. The fourth-order valence-corrected chi connectivity index (χ4v) is 1.51. The van der Waals surface area contributed by atoms with Gasteiger partial charge in [0.1, 0.15) is 0 Å². The minimum absolute atomic E-state index is 0.311. The molecule has 0 bridgehead atoms. The Morgan fingerprint density at radius 2 is 1.80 bits per heavy atom. The zero-order valence-electron chi connectivity index (χ0n) is 7.35. The summed E-state index contributed by atoms with van der Waals surface area (Å²) in [6, 6.07) is 0.418. The summed E-state index contributed by atoms with van der Waals surface area (Å²) in [5.74, 6) is 0.819. The standard InChI is InChI=1S/C9H19N/c1-9(2,3)8(10)7-5-4-6-7/h7-8H,4-6,10H2,1-3H3. The molecule has 2 N–H and O–H groups in total. The average molecular weight is 141 g/mol. The Balaban J connectivity index is 2.39. The summed E-state index contributed by atoms with van der Waals surface area (Å²) in [5.41, 5.74) is 6.37. The predicted molar refractivity (Wildman–Crippen MR) is 44.8 cm³/mol. The Morgan fingerprint density at radius 3 is 1.90 bits per heavy atom. The highest BCUT2D eigenvalue weighted by Crippen LogP contribution is 2.35. The highest BCUT2D eigenvalue weighted by Gasteiger charge is 2.32. The maximum absolute atomic E-state index is 6.06. The molecule has 0 spiro atoms. The molecule has 1 rings (SSSR count). The first-order valence-electron chi connectivity index (χ1n) is 4.27. The van der Waals surface area contributed by atoms with Gasteiger partial charge in [0, 0.05) is 6.04 Å². The van der Waals surface area contributed by atoms with Crippen LogP contribution in [0.2, 0.25) is 0 Å². The molecule has 1 aliphatic carbocycles. The summed E-state index contributed by atoms with van der Waals surface area (Å²) >= 11 is 0. The summed E-state index contributed by atoms with van der Waals surface area (Å²) in [4.78, 5) is 0. The fraction of sp³-hybridized carbons (Fsp3) is 1.00. The quantitative estimate of drug-likeness (QED) is 0.595. The summed E-state index contributed by atoms with van der Waals surface area (Å²) in [5, 5.41) is 0. The molecule has 10 heavy (non-hydrogen) atoms. The Bertz CT molecular complexity index is 108. The molecule has 0 aromatic heterocycles. The summed E-state index contributed by atoms with van der Waals surface area (Å²) in [6.07, 6.45) is 4.12. The lowest BCUT2D eigenvalue weighted by Crippen LogP contribution is -2.44. The van der Waals surface area contributed by atoms with Crippen LogP contribution in [0.1, 0.15) is 40.0 Å². The van der Waals surface area contributed by atoms with Gasteiger partial charge < -0.3 is 5.73 Å². The lowest BCUT2D eigenvalue weighted by molar-refractivity contribution is 0.164. The second-order valence-corrected chi connectivity index (χ2v) is 4.58. The van der Waals surface area contributed by atoms with Gasteiger partial charge in [-0.05, 0) is 24.2 Å². The van der Waals surface area contributed by atoms with E-state index in [-0.39, 0.29) is 0 Å². The van der Waals surface area contributed by atoms with E-state index in [0.29, 0.717) is 11.5 Å². The molecule has 1 fully saturated rings. The van der Waals surface area contributed by atoms with Gasteiger partial charge in [0.2, 0.25) is 0 Å². The van der Waals surface area contributed by atoms with Crippen molar-refractivity contribution >= 4 is 0 Å². The fourth-order valence-electron chi connectivity index (χ4n) is 1.51. The van der Waals surface area contributed by atoms with Crippen LogP contribution in [0.3, 0.4) is 0 Å². The van der Waals surface area contributed by atoms with E-state index in [9.17, 15) is 0 Å². The van der Waals surface area contributed by atoms with Gasteiger partial charge in [0.05, 0.1) is 0 Å². The molecule has 0 aromatic rings. The van der Waals surface area contributed by atoms with Crippen molar-refractivity contribution in [3.05, 3.63) is 0 Å². The van der Waals surface area contributed by atoms with Crippen molar-refractivity contribution in [3.63, 3.8) is 0 Å². The van der Waals surface area contributed by atoms with Crippen molar-refractivity contribution < 1.29 is 0 Å². The van der Waals surface area contributed by atoms with Gasteiger partial charge in [-0.15, -0.1) is 0 Å². The van der Waals surface area contributed by atoms with Crippen LogP contribution in [0, 0.1) is 11.3 Å². The Hall–Kier alpha value is -0.0400. The first-order valence-corrected chi connectivity index (χ1v) is 4.27. The van der Waals surface area contributed by atoms with E-state index in [1.54, 1.807) is 0 Å². The second-order valence-electron chi connectivity index (χ2n) is 4.58. The van der Waals surface area contributed by atoms with Crippen LogP contribution in [0.15, 0.2) is 0 Å². The molecule has 0 amide bonds. The highest BCUT2D eigenvalue weighted by molar-refractivity contribution is 4.87. The third-order valence-corrected chi connectivity index (χ3v) is 2.66. The Labute approximate surface area is 64.0 Å². The topological polar surface area (TPSA) is 26.0 Å². The first-order chi connectivity index (χ1) is 4.52. The molecular formula is C9H19N. The van der Waals surface area contributed by atoms with Gasteiger partial charge in [-0.25, -0.2) is 0 Å². The molecule has 1 nitrogen and oxygen atoms in total. The van der Waals surface area contributed by atoms with Gasteiger partial charge in [0.15, 0.2) is 0 Å². The minimum atomic E-state index is 0.311. The van der Waals surface area contributed by atoms with Gasteiger partial charge in [-0.1, -0.05) is 27.2 Å². The molecule has 0 aromatic carbocycles.